The Hall–Kier alpha value is -2.28. The smallest absolute Gasteiger partial charge is 0.261 e. The molecule has 1 atom stereocenters. The summed E-state index contributed by atoms with van der Waals surface area (Å²) in [6.07, 6.45) is -0.517. The average Bonchev–Trinajstić information content (AvgIpc) is 2.84. The Kier molecular flexibility index (Phi) is 4.84. The van der Waals surface area contributed by atoms with Crippen molar-refractivity contribution in [1.29, 1.82) is 0 Å². The Morgan fingerprint density at radius 2 is 1.92 bits per heavy atom. The van der Waals surface area contributed by atoms with Gasteiger partial charge in [-0.15, -0.1) is 0 Å². The molecule has 0 bridgehead atoms. The number of halogens is 2. The Morgan fingerprint density at radius 1 is 1.19 bits per heavy atom. The summed E-state index contributed by atoms with van der Waals surface area (Å²) in [4.78, 5) is 25.2. The fourth-order valence-corrected chi connectivity index (χ4v) is 3.61. The van der Waals surface area contributed by atoms with E-state index in [2.05, 4.69) is 5.32 Å². The molecule has 1 unspecified atom stereocenters. The van der Waals surface area contributed by atoms with Gasteiger partial charge in [0.05, 0.1) is 36.9 Å². The minimum atomic E-state index is -2.11. The number of anilines is 1. The molecule has 2 N–H and O–H groups in total. The zero-order valence-corrected chi connectivity index (χ0v) is 15.4. The minimum Gasteiger partial charge on any atom is -0.497 e. The van der Waals surface area contributed by atoms with Gasteiger partial charge in [-0.05, 0) is 30.3 Å². The molecule has 0 radical (unpaired) electrons. The second-order valence-corrected chi connectivity index (χ2v) is 6.63. The van der Waals surface area contributed by atoms with Crippen molar-refractivity contribution in [3.05, 3.63) is 51.5 Å². The van der Waals surface area contributed by atoms with Gasteiger partial charge in [0.1, 0.15) is 11.5 Å². The first-order valence-corrected chi connectivity index (χ1v) is 8.34. The predicted molar refractivity (Wildman–Crippen MR) is 97.5 cm³/mol. The molecule has 0 saturated carbocycles. The van der Waals surface area contributed by atoms with Gasteiger partial charge in [-0.2, -0.15) is 0 Å². The summed E-state index contributed by atoms with van der Waals surface area (Å²) in [6, 6.07) is 7.58. The van der Waals surface area contributed by atoms with E-state index in [1.54, 1.807) is 12.1 Å². The van der Waals surface area contributed by atoms with Crippen LogP contribution in [0.3, 0.4) is 0 Å². The highest BCUT2D eigenvalue weighted by Crippen LogP contribution is 2.45. The number of Topliss-reactive ketones (excluding diaryl/α,β-unsaturated/α-hetero) is 1. The van der Waals surface area contributed by atoms with Crippen molar-refractivity contribution in [2.75, 3.05) is 19.5 Å². The molecular weight excluding hydrogens is 381 g/mol. The second-order valence-electron chi connectivity index (χ2n) is 5.79. The summed E-state index contributed by atoms with van der Waals surface area (Å²) in [5.41, 5.74) is -1.52. The number of carbonyl (C=O) groups is 2. The number of benzene rings is 2. The van der Waals surface area contributed by atoms with Crippen LogP contribution in [0.5, 0.6) is 11.5 Å². The lowest BCUT2D eigenvalue weighted by Gasteiger charge is -2.21. The van der Waals surface area contributed by atoms with E-state index in [0.717, 1.165) is 0 Å². The highest BCUT2D eigenvalue weighted by molar-refractivity contribution is 6.36. The quantitative estimate of drug-likeness (QED) is 0.757. The maximum atomic E-state index is 12.8. The van der Waals surface area contributed by atoms with Crippen molar-refractivity contribution in [1.82, 2.24) is 0 Å². The zero-order valence-electron chi connectivity index (χ0n) is 13.9. The van der Waals surface area contributed by atoms with Gasteiger partial charge in [-0.3, -0.25) is 9.59 Å². The highest BCUT2D eigenvalue weighted by Gasteiger charge is 2.48. The number of rotatable bonds is 5. The van der Waals surface area contributed by atoms with Crippen LogP contribution in [-0.4, -0.2) is 31.0 Å². The monoisotopic (exact) mass is 395 g/mol. The molecular formula is C18H15Cl2NO5. The van der Waals surface area contributed by atoms with Crippen LogP contribution in [0.4, 0.5) is 5.69 Å². The third kappa shape index (κ3) is 3.00. The molecule has 2 aromatic carbocycles. The van der Waals surface area contributed by atoms with Crippen molar-refractivity contribution < 1.29 is 24.2 Å². The summed E-state index contributed by atoms with van der Waals surface area (Å²) < 4.78 is 10.3. The lowest BCUT2D eigenvalue weighted by atomic mass is 9.87. The number of hydrogen-bond acceptors (Lipinski definition) is 5. The number of ether oxygens (including phenoxy) is 2. The number of hydrogen-bond donors (Lipinski definition) is 2. The van der Waals surface area contributed by atoms with Gasteiger partial charge in [0, 0.05) is 10.6 Å². The normalized spacial score (nSPS) is 18.3. The lowest BCUT2D eigenvalue weighted by molar-refractivity contribution is -0.133. The van der Waals surface area contributed by atoms with Crippen LogP contribution < -0.4 is 14.8 Å². The minimum absolute atomic E-state index is 0.0961. The van der Waals surface area contributed by atoms with Crippen molar-refractivity contribution in [2.24, 2.45) is 0 Å². The fourth-order valence-electron chi connectivity index (χ4n) is 2.96. The third-order valence-corrected chi connectivity index (χ3v) is 4.73. The van der Waals surface area contributed by atoms with Gasteiger partial charge in [-0.25, -0.2) is 0 Å². The average molecular weight is 396 g/mol. The maximum Gasteiger partial charge on any atom is 0.261 e. The van der Waals surface area contributed by atoms with E-state index in [1.165, 1.54) is 32.4 Å². The van der Waals surface area contributed by atoms with Crippen LogP contribution in [0.1, 0.15) is 22.3 Å². The van der Waals surface area contributed by atoms with Crippen molar-refractivity contribution in [3.8, 4) is 11.5 Å². The van der Waals surface area contributed by atoms with Gasteiger partial charge in [0.2, 0.25) is 0 Å². The Balaban J connectivity index is 2.02. The first-order valence-electron chi connectivity index (χ1n) is 7.58. The number of aliphatic hydroxyl groups is 1. The molecule has 6 nitrogen and oxygen atoms in total. The van der Waals surface area contributed by atoms with E-state index < -0.39 is 23.7 Å². The molecule has 8 heteroatoms. The van der Waals surface area contributed by atoms with E-state index >= 15 is 0 Å². The Bertz CT molecular complexity index is 915. The molecule has 3 rings (SSSR count). The number of methoxy groups -OCH3 is 2. The standard InChI is InChI=1S/C18H15Cl2NO5/c1-25-10-3-4-15(26-2)11(7-10)14(22)8-18(24)16-12(20)5-9(19)6-13(16)21-17(18)23/h3-7,24H,8H2,1-2H3,(H,21,23). The maximum absolute atomic E-state index is 12.8. The number of fused-ring (bicyclic) bond motifs is 1. The number of ketones is 1. The van der Waals surface area contributed by atoms with Crippen LogP contribution in [0, 0.1) is 0 Å². The molecule has 1 heterocycles. The van der Waals surface area contributed by atoms with Crippen LogP contribution >= 0.6 is 23.2 Å². The molecule has 1 aliphatic heterocycles. The van der Waals surface area contributed by atoms with Gasteiger partial charge in [-0.1, -0.05) is 23.2 Å². The van der Waals surface area contributed by atoms with Crippen molar-refractivity contribution in [2.45, 2.75) is 12.0 Å². The summed E-state index contributed by atoms with van der Waals surface area (Å²) >= 11 is 12.1. The molecule has 2 aromatic rings. The molecule has 0 aromatic heterocycles. The topological polar surface area (TPSA) is 84.9 Å². The van der Waals surface area contributed by atoms with Crippen LogP contribution in [0.2, 0.25) is 10.0 Å². The zero-order chi connectivity index (χ0) is 19.1. The Labute approximate surface area is 159 Å². The lowest BCUT2D eigenvalue weighted by Crippen LogP contribution is -2.36. The van der Waals surface area contributed by atoms with Crippen molar-refractivity contribution in [3.63, 3.8) is 0 Å². The SMILES string of the molecule is COc1ccc(OC)c(C(=O)CC2(O)C(=O)Nc3cc(Cl)cc(Cl)c32)c1. The summed E-state index contributed by atoms with van der Waals surface area (Å²) in [5, 5.41) is 13.9. The molecule has 1 aliphatic rings. The summed E-state index contributed by atoms with van der Waals surface area (Å²) in [7, 11) is 2.89. The first-order chi connectivity index (χ1) is 12.3. The van der Waals surface area contributed by atoms with Gasteiger partial charge >= 0.3 is 0 Å². The molecule has 0 spiro atoms. The third-order valence-electron chi connectivity index (χ3n) is 4.22. The van der Waals surface area contributed by atoms with E-state index in [0.29, 0.717) is 16.5 Å². The van der Waals surface area contributed by atoms with E-state index in [1.807, 2.05) is 0 Å². The largest absolute Gasteiger partial charge is 0.497 e. The van der Waals surface area contributed by atoms with Crippen LogP contribution in [0.25, 0.3) is 0 Å². The molecule has 0 saturated heterocycles. The van der Waals surface area contributed by atoms with Crippen LogP contribution in [-0.2, 0) is 10.4 Å². The molecule has 0 fully saturated rings. The fraction of sp³-hybridized carbons (Fsp3) is 0.222. The van der Waals surface area contributed by atoms with Gasteiger partial charge in [0.25, 0.3) is 5.91 Å². The van der Waals surface area contributed by atoms with E-state index in [4.69, 9.17) is 32.7 Å². The molecule has 1 amide bonds. The van der Waals surface area contributed by atoms with Crippen molar-refractivity contribution >= 4 is 40.6 Å². The predicted octanol–water partition coefficient (Wildman–Crippen LogP) is 3.42. The van der Waals surface area contributed by atoms with E-state index in [9.17, 15) is 14.7 Å². The molecule has 136 valence electrons. The second kappa shape index (κ2) is 6.79. The number of amides is 1. The first kappa shape index (κ1) is 18.5. The number of carbonyl (C=O) groups excluding carboxylic acids is 2. The van der Waals surface area contributed by atoms with Gasteiger partial charge < -0.3 is 19.9 Å². The molecule has 26 heavy (non-hydrogen) atoms. The van der Waals surface area contributed by atoms with Gasteiger partial charge in [0.15, 0.2) is 11.4 Å². The van der Waals surface area contributed by atoms with Crippen LogP contribution in [0.15, 0.2) is 30.3 Å². The number of nitrogens with one attached hydrogen (secondary N) is 1. The molecule has 0 aliphatic carbocycles. The van der Waals surface area contributed by atoms with E-state index in [-0.39, 0.29) is 21.8 Å². The highest BCUT2D eigenvalue weighted by atomic mass is 35.5. The summed E-state index contributed by atoms with van der Waals surface area (Å²) in [6.45, 7) is 0. The summed E-state index contributed by atoms with van der Waals surface area (Å²) in [5.74, 6) is -0.494. The Morgan fingerprint density at radius 3 is 2.58 bits per heavy atom.